The quantitative estimate of drug-likeness (QED) is 0.776. The Balaban J connectivity index is 0.00000112. The Morgan fingerprint density at radius 3 is 2.60 bits per heavy atom. The van der Waals surface area contributed by atoms with E-state index in [0.29, 0.717) is 6.61 Å². The van der Waals surface area contributed by atoms with Crippen LogP contribution in [0.4, 0.5) is 0 Å². The summed E-state index contributed by atoms with van der Waals surface area (Å²) >= 11 is 0. The van der Waals surface area contributed by atoms with Crippen LogP contribution in [0.25, 0.3) is 0 Å². The van der Waals surface area contributed by atoms with Gasteiger partial charge in [0.05, 0.1) is 6.61 Å². The predicted molar refractivity (Wildman–Crippen MR) is 61.3 cm³/mol. The van der Waals surface area contributed by atoms with Gasteiger partial charge < -0.3 is 9.84 Å². The molecule has 15 heavy (non-hydrogen) atoms. The van der Waals surface area contributed by atoms with Crippen LogP contribution in [-0.4, -0.2) is 17.3 Å². The molecular formula is C11H16ClNO2. The zero-order chi connectivity index (χ0) is 10.2. The number of hydrogen-bond acceptors (Lipinski definition) is 3. The maximum absolute atomic E-state index is 9.62. The average molecular weight is 230 g/mol. The van der Waals surface area contributed by atoms with Crippen molar-refractivity contribution in [2.24, 2.45) is 0 Å². The minimum Gasteiger partial charge on any atom is -0.508 e. The first-order valence-corrected chi connectivity index (χ1v) is 4.76. The summed E-state index contributed by atoms with van der Waals surface area (Å²) in [6.45, 7) is 4.81. The van der Waals surface area contributed by atoms with E-state index >= 15 is 0 Å². The van der Waals surface area contributed by atoms with Crippen LogP contribution in [0.3, 0.4) is 0 Å². The smallest absolute Gasteiger partial charge is 0.138 e. The molecule has 1 unspecified atom stereocenters. The number of nitrogens with one attached hydrogen (secondary N) is 1. The molecule has 0 bridgehead atoms. The van der Waals surface area contributed by atoms with Crippen LogP contribution < -0.4 is 5.32 Å². The van der Waals surface area contributed by atoms with Crippen molar-refractivity contribution >= 4 is 12.4 Å². The molecule has 1 aliphatic heterocycles. The average Bonchev–Trinajstić information content (AvgIpc) is 2.47. The van der Waals surface area contributed by atoms with Gasteiger partial charge in [0.2, 0.25) is 0 Å². The van der Waals surface area contributed by atoms with Crippen LogP contribution in [0.15, 0.2) is 24.3 Å². The van der Waals surface area contributed by atoms with Crippen molar-refractivity contribution in [1.82, 2.24) is 5.32 Å². The Morgan fingerprint density at radius 2 is 2.07 bits per heavy atom. The first-order valence-electron chi connectivity index (χ1n) is 4.76. The second-order valence-corrected chi connectivity index (χ2v) is 4.28. The highest BCUT2D eigenvalue weighted by atomic mass is 35.5. The summed E-state index contributed by atoms with van der Waals surface area (Å²) in [5.41, 5.74) is 0.783. The van der Waals surface area contributed by atoms with Crippen molar-refractivity contribution in [3.63, 3.8) is 0 Å². The van der Waals surface area contributed by atoms with Gasteiger partial charge in [0.25, 0.3) is 0 Å². The lowest BCUT2D eigenvalue weighted by Crippen LogP contribution is -2.35. The molecular weight excluding hydrogens is 214 g/mol. The lowest BCUT2D eigenvalue weighted by atomic mass is 10.1. The fraction of sp³-hybridized carbons (Fsp3) is 0.455. The predicted octanol–water partition coefficient (Wildman–Crippen LogP) is 2.21. The number of rotatable bonds is 1. The van der Waals surface area contributed by atoms with E-state index in [9.17, 15) is 5.11 Å². The summed E-state index contributed by atoms with van der Waals surface area (Å²) in [6, 6.07) is 7.24. The number of aromatic hydroxyl groups is 1. The molecule has 1 aliphatic rings. The molecule has 1 fully saturated rings. The van der Waals surface area contributed by atoms with Gasteiger partial charge in [-0.2, -0.15) is 0 Å². The Morgan fingerprint density at radius 1 is 1.40 bits per heavy atom. The molecule has 1 heterocycles. The Hall–Kier alpha value is -0.770. The topological polar surface area (TPSA) is 41.5 Å². The van der Waals surface area contributed by atoms with Gasteiger partial charge in [-0.3, -0.25) is 5.32 Å². The number of benzene rings is 1. The molecule has 4 heteroatoms. The number of phenols is 1. The lowest BCUT2D eigenvalue weighted by molar-refractivity contribution is 0.0968. The molecule has 0 aliphatic carbocycles. The molecule has 1 atom stereocenters. The molecule has 84 valence electrons. The second-order valence-electron chi connectivity index (χ2n) is 4.28. The standard InChI is InChI=1S/C11H15NO2.ClH/c1-11(2)7-14-10(12-11)8-5-3-4-6-9(8)13;/h3-6,10,12-13H,7H2,1-2H3;1H. The third-order valence-corrected chi connectivity index (χ3v) is 2.35. The Labute approximate surface area is 95.9 Å². The van der Waals surface area contributed by atoms with Crippen LogP contribution in [-0.2, 0) is 4.74 Å². The summed E-state index contributed by atoms with van der Waals surface area (Å²) in [6.07, 6.45) is -0.189. The van der Waals surface area contributed by atoms with Crippen LogP contribution >= 0.6 is 12.4 Å². The van der Waals surface area contributed by atoms with Gasteiger partial charge >= 0.3 is 0 Å². The van der Waals surface area contributed by atoms with E-state index in [0.717, 1.165) is 5.56 Å². The zero-order valence-corrected chi connectivity index (χ0v) is 9.67. The van der Waals surface area contributed by atoms with Gasteiger partial charge in [0.1, 0.15) is 12.0 Å². The monoisotopic (exact) mass is 229 g/mol. The summed E-state index contributed by atoms with van der Waals surface area (Å²) in [5, 5.41) is 12.9. The van der Waals surface area contributed by atoms with Gasteiger partial charge in [-0.15, -0.1) is 12.4 Å². The van der Waals surface area contributed by atoms with Gasteiger partial charge in [-0.1, -0.05) is 18.2 Å². The molecule has 1 saturated heterocycles. The summed E-state index contributed by atoms with van der Waals surface area (Å²) < 4.78 is 5.56. The summed E-state index contributed by atoms with van der Waals surface area (Å²) in [4.78, 5) is 0. The van der Waals surface area contributed by atoms with Crippen molar-refractivity contribution in [1.29, 1.82) is 0 Å². The molecule has 0 radical (unpaired) electrons. The van der Waals surface area contributed by atoms with E-state index in [1.165, 1.54) is 0 Å². The highest BCUT2D eigenvalue weighted by molar-refractivity contribution is 5.85. The highest BCUT2D eigenvalue weighted by Gasteiger charge is 2.32. The van der Waals surface area contributed by atoms with Crippen molar-refractivity contribution in [3.05, 3.63) is 29.8 Å². The van der Waals surface area contributed by atoms with E-state index in [4.69, 9.17) is 4.74 Å². The van der Waals surface area contributed by atoms with Gasteiger partial charge in [0.15, 0.2) is 0 Å². The minimum absolute atomic E-state index is 0. The fourth-order valence-electron chi connectivity index (χ4n) is 1.61. The molecule has 0 spiro atoms. The number of ether oxygens (including phenoxy) is 1. The molecule has 0 aromatic heterocycles. The van der Waals surface area contributed by atoms with Crippen LogP contribution in [0, 0.1) is 0 Å². The number of halogens is 1. The van der Waals surface area contributed by atoms with E-state index in [-0.39, 0.29) is 29.9 Å². The van der Waals surface area contributed by atoms with E-state index < -0.39 is 0 Å². The number of phenolic OH excluding ortho intramolecular Hbond substituents is 1. The van der Waals surface area contributed by atoms with E-state index in [1.54, 1.807) is 12.1 Å². The molecule has 2 N–H and O–H groups in total. The van der Waals surface area contributed by atoms with E-state index in [1.807, 2.05) is 12.1 Å². The molecule has 1 aromatic rings. The SMILES string of the molecule is CC1(C)COC(c2ccccc2O)N1.Cl. The van der Waals surface area contributed by atoms with Crippen LogP contribution in [0.5, 0.6) is 5.75 Å². The first-order chi connectivity index (χ1) is 6.58. The first kappa shape index (κ1) is 12.3. The Bertz CT molecular complexity index is 341. The maximum atomic E-state index is 9.62. The van der Waals surface area contributed by atoms with Crippen molar-refractivity contribution in [3.8, 4) is 5.75 Å². The fourth-order valence-corrected chi connectivity index (χ4v) is 1.61. The second kappa shape index (κ2) is 4.39. The number of hydrogen-bond donors (Lipinski definition) is 2. The maximum Gasteiger partial charge on any atom is 0.138 e. The van der Waals surface area contributed by atoms with Crippen molar-refractivity contribution in [2.45, 2.75) is 25.6 Å². The summed E-state index contributed by atoms with van der Waals surface area (Å²) in [5.74, 6) is 0.280. The highest BCUT2D eigenvalue weighted by Crippen LogP contribution is 2.30. The molecule has 0 amide bonds. The third-order valence-electron chi connectivity index (χ3n) is 2.35. The summed E-state index contributed by atoms with van der Waals surface area (Å²) in [7, 11) is 0. The van der Waals surface area contributed by atoms with E-state index in [2.05, 4.69) is 19.2 Å². The molecule has 1 aromatic carbocycles. The third kappa shape index (κ3) is 2.62. The van der Waals surface area contributed by atoms with Crippen molar-refractivity contribution in [2.75, 3.05) is 6.61 Å². The Kier molecular flexibility index (Phi) is 3.60. The largest absolute Gasteiger partial charge is 0.508 e. The van der Waals surface area contributed by atoms with Crippen LogP contribution in [0.2, 0.25) is 0 Å². The number of para-hydroxylation sites is 1. The zero-order valence-electron chi connectivity index (χ0n) is 8.86. The minimum atomic E-state index is -0.189. The normalized spacial score (nSPS) is 23.5. The molecule has 2 rings (SSSR count). The lowest BCUT2D eigenvalue weighted by Gasteiger charge is -2.17. The van der Waals surface area contributed by atoms with Gasteiger partial charge in [-0.05, 0) is 19.9 Å². The van der Waals surface area contributed by atoms with Gasteiger partial charge in [0, 0.05) is 11.1 Å². The van der Waals surface area contributed by atoms with Crippen molar-refractivity contribution < 1.29 is 9.84 Å². The molecule has 3 nitrogen and oxygen atoms in total. The molecule has 0 saturated carbocycles. The van der Waals surface area contributed by atoms with Gasteiger partial charge in [-0.25, -0.2) is 0 Å². The van der Waals surface area contributed by atoms with Crippen LogP contribution in [0.1, 0.15) is 25.6 Å².